The minimum Gasteiger partial charge on any atom is -0.357 e. The Hall–Kier alpha value is -0.680. The molecule has 1 saturated carbocycles. The van der Waals surface area contributed by atoms with Gasteiger partial charge in [0.05, 0.1) is 0 Å². The van der Waals surface area contributed by atoms with Crippen molar-refractivity contribution in [3.05, 3.63) is 5.82 Å². The summed E-state index contributed by atoms with van der Waals surface area (Å²) in [7, 11) is 0. The Labute approximate surface area is 81.7 Å². The molecule has 1 fully saturated rings. The molecular weight excluding hydrogens is 184 g/mol. The van der Waals surface area contributed by atoms with Crippen molar-refractivity contribution in [2.24, 2.45) is 5.73 Å². The highest BCUT2D eigenvalue weighted by atomic mass is 32.1. The van der Waals surface area contributed by atoms with Crippen LogP contribution in [0.3, 0.4) is 0 Å². The molecule has 0 amide bonds. The number of hydrogen-bond acceptors (Lipinski definition) is 5. The normalized spacial score (nSPS) is 18.6. The molecule has 3 N–H and O–H groups in total. The predicted octanol–water partition coefficient (Wildman–Crippen LogP) is 1.17. The van der Waals surface area contributed by atoms with E-state index >= 15 is 0 Å². The van der Waals surface area contributed by atoms with E-state index in [9.17, 15) is 0 Å². The smallest absolute Gasteiger partial charge is 0.202 e. The molecule has 2 rings (SSSR count). The lowest BCUT2D eigenvalue weighted by Gasteiger charge is -2.07. The summed E-state index contributed by atoms with van der Waals surface area (Å²) in [5.74, 6) is 1.65. The molecule has 0 saturated heterocycles. The van der Waals surface area contributed by atoms with Crippen LogP contribution in [0.2, 0.25) is 0 Å². The maximum Gasteiger partial charge on any atom is 0.202 e. The fraction of sp³-hybridized carbons (Fsp3) is 0.750. The van der Waals surface area contributed by atoms with Gasteiger partial charge in [0.15, 0.2) is 0 Å². The molecule has 0 aliphatic heterocycles. The van der Waals surface area contributed by atoms with Gasteiger partial charge in [0.1, 0.15) is 5.82 Å². The summed E-state index contributed by atoms with van der Waals surface area (Å²) in [4.78, 5) is 4.40. The van der Waals surface area contributed by atoms with Gasteiger partial charge in [-0.2, -0.15) is 4.37 Å². The zero-order valence-corrected chi connectivity index (χ0v) is 8.47. The highest BCUT2D eigenvalue weighted by Gasteiger charge is 2.27. The van der Waals surface area contributed by atoms with E-state index in [1.165, 1.54) is 24.4 Å². The fourth-order valence-corrected chi connectivity index (χ4v) is 1.83. The van der Waals surface area contributed by atoms with Crippen LogP contribution in [-0.4, -0.2) is 21.9 Å². The van der Waals surface area contributed by atoms with Crippen LogP contribution in [0.25, 0.3) is 0 Å². The first-order valence-corrected chi connectivity index (χ1v) is 5.37. The van der Waals surface area contributed by atoms with Gasteiger partial charge in [-0.25, -0.2) is 4.98 Å². The molecular formula is C8H14N4S. The Bertz CT molecular complexity index is 281. The molecule has 1 aliphatic carbocycles. The minimum absolute atomic E-state index is 0.278. The maximum atomic E-state index is 5.49. The average Bonchev–Trinajstić information content (AvgIpc) is 2.88. The van der Waals surface area contributed by atoms with Crippen molar-refractivity contribution in [1.29, 1.82) is 0 Å². The Morgan fingerprint density at radius 2 is 2.46 bits per heavy atom. The first kappa shape index (κ1) is 8.90. The van der Waals surface area contributed by atoms with E-state index in [2.05, 4.69) is 14.7 Å². The minimum atomic E-state index is 0.278. The lowest BCUT2D eigenvalue weighted by molar-refractivity contribution is 0.800. The van der Waals surface area contributed by atoms with Crippen molar-refractivity contribution >= 4 is 16.7 Å². The van der Waals surface area contributed by atoms with Gasteiger partial charge < -0.3 is 11.1 Å². The van der Waals surface area contributed by atoms with E-state index in [1.807, 2.05) is 6.92 Å². The highest BCUT2D eigenvalue weighted by molar-refractivity contribution is 7.09. The van der Waals surface area contributed by atoms with Crippen molar-refractivity contribution in [1.82, 2.24) is 9.36 Å². The first-order chi connectivity index (χ1) is 6.29. The van der Waals surface area contributed by atoms with E-state index in [-0.39, 0.29) is 6.04 Å². The van der Waals surface area contributed by atoms with Crippen LogP contribution in [0.5, 0.6) is 0 Å². The van der Waals surface area contributed by atoms with Gasteiger partial charge in [-0.05, 0) is 19.8 Å². The summed E-state index contributed by atoms with van der Waals surface area (Å²) in [6.45, 7) is 2.66. The molecule has 0 bridgehead atoms. The van der Waals surface area contributed by atoms with Crippen molar-refractivity contribution in [2.45, 2.75) is 31.7 Å². The SMILES string of the molecule is CC(CN)Nc1nc(C2CC2)ns1. The van der Waals surface area contributed by atoms with E-state index in [4.69, 9.17) is 5.73 Å². The summed E-state index contributed by atoms with van der Waals surface area (Å²) in [5.41, 5.74) is 5.49. The third-order valence-electron chi connectivity index (χ3n) is 2.11. The summed E-state index contributed by atoms with van der Waals surface area (Å²) in [6.07, 6.45) is 2.51. The quantitative estimate of drug-likeness (QED) is 0.762. The molecule has 1 heterocycles. The number of anilines is 1. The zero-order valence-electron chi connectivity index (χ0n) is 7.66. The Morgan fingerprint density at radius 3 is 3.08 bits per heavy atom. The molecule has 5 heteroatoms. The molecule has 1 aromatic rings. The number of nitrogens with one attached hydrogen (secondary N) is 1. The number of hydrogen-bond donors (Lipinski definition) is 2. The lowest BCUT2D eigenvalue weighted by atomic mass is 10.3. The molecule has 1 unspecified atom stereocenters. The second-order valence-corrected chi connectivity index (χ2v) is 4.26. The number of nitrogens with zero attached hydrogens (tertiary/aromatic N) is 2. The van der Waals surface area contributed by atoms with Crippen molar-refractivity contribution < 1.29 is 0 Å². The topological polar surface area (TPSA) is 63.8 Å². The van der Waals surface area contributed by atoms with E-state index in [1.54, 1.807) is 0 Å². The standard InChI is InChI=1S/C8H14N4S/c1-5(4-9)10-8-11-7(12-13-8)6-2-3-6/h5-6H,2-4,9H2,1H3,(H,10,11,12). The molecule has 0 aromatic carbocycles. The summed E-state index contributed by atoms with van der Waals surface area (Å²) >= 11 is 1.43. The van der Waals surface area contributed by atoms with Gasteiger partial charge in [-0.1, -0.05) is 0 Å². The zero-order chi connectivity index (χ0) is 9.26. The Balaban J connectivity index is 1.96. The monoisotopic (exact) mass is 198 g/mol. The molecule has 1 atom stereocenters. The van der Waals surface area contributed by atoms with Gasteiger partial charge in [0, 0.05) is 30.0 Å². The van der Waals surface area contributed by atoms with E-state index in [0.717, 1.165) is 11.0 Å². The maximum absolute atomic E-state index is 5.49. The number of aromatic nitrogens is 2. The van der Waals surface area contributed by atoms with Crippen molar-refractivity contribution in [2.75, 3.05) is 11.9 Å². The van der Waals surface area contributed by atoms with Crippen molar-refractivity contribution in [3.63, 3.8) is 0 Å². The Kier molecular flexibility index (Phi) is 2.46. The predicted molar refractivity (Wildman–Crippen MR) is 54.0 cm³/mol. The number of rotatable bonds is 4. The second kappa shape index (κ2) is 3.59. The molecule has 0 spiro atoms. The van der Waals surface area contributed by atoms with Gasteiger partial charge in [-0.3, -0.25) is 0 Å². The Morgan fingerprint density at radius 1 is 1.69 bits per heavy atom. The van der Waals surface area contributed by atoms with Crippen LogP contribution >= 0.6 is 11.5 Å². The van der Waals surface area contributed by atoms with E-state index < -0.39 is 0 Å². The lowest BCUT2D eigenvalue weighted by Crippen LogP contribution is -2.24. The largest absolute Gasteiger partial charge is 0.357 e. The molecule has 1 aromatic heterocycles. The third-order valence-corrected chi connectivity index (χ3v) is 2.77. The van der Waals surface area contributed by atoms with Gasteiger partial charge in [0.25, 0.3) is 0 Å². The van der Waals surface area contributed by atoms with E-state index in [0.29, 0.717) is 12.5 Å². The first-order valence-electron chi connectivity index (χ1n) is 4.60. The summed E-state index contributed by atoms with van der Waals surface area (Å²) < 4.78 is 4.29. The van der Waals surface area contributed by atoms with Crippen LogP contribution in [0.1, 0.15) is 31.5 Å². The van der Waals surface area contributed by atoms with Crippen LogP contribution in [0.4, 0.5) is 5.13 Å². The molecule has 13 heavy (non-hydrogen) atoms. The summed E-state index contributed by atoms with van der Waals surface area (Å²) in [6, 6.07) is 0.278. The van der Waals surface area contributed by atoms with Crippen LogP contribution in [0, 0.1) is 0 Å². The third kappa shape index (κ3) is 2.16. The average molecular weight is 198 g/mol. The molecule has 4 nitrogen and oxygen atoms in total. The number of nitrogens with two attached hydrogens (primary N) is 1. The van der Waals surface area contributed by atoms with Gasteiger partial charge in [0.2, 0.25) is 5.13 Å². The van der Waals surface area contributed by atoms with Crippen LogP contribution in [-0.2, 0) is 0 Å². The van der Waals surface area contributed by atoms with Crippen LogP contribution in [0.15, 0.2) is 0 Å². The second-order valence-electron chi connectivity index (χ2n) is 3.51. The fourth-order valence-electron chi connectivity index (χ4n) is 1.07. The summed E-state index contributed by atoms with van der Waals surface area (Å²) in [5, 5.41) is 4.12. The van der Waals surface area contributed by atoms with Crippen molar-refractivity contribution in [3.8, 4) is 0 Å². The molecule has 0 radical (unpaired) electrons. The highest BCUT2D eigenvalue weighted by Crippen LogP contribution is 2.39. The van der Waals surface area contributed by atoms with Gasteiger partial charge >= 0.3 is 0 Å². The van der Waals surface area contributed by atoms with Gasteiger partial charge in [-0.15, -0.1) is 0 Å². The molecule has 1 aliphatic rings. The van der Waals surface area contributed by atoms with Crippen LogP contribution < -0.4 is 11.1 Å². The molecule has 72 valence electrons.